The van der Waals surface area contributed by atoms with Crippen molar-refractivity contribution in [1.29, 1.82) is 0 Å². The number of carboxylic acid groups (broad SMARTS) is 1. The van der Waals surface area contributed by atoms with E-state index >= 15 is 0 Å². The van der Waals surface area contributed by atoms with Crippen LogP contribution in [0.25, 0.3) is 34.7 Å². The normalized spacial score (nSPS) is 14.2. The number of carbonyl (C=O) groups excluding carboxylic acids is 1. The van der Waals surface area contributed by atoms with Crippen LogP contribution in [0, 0.1) is 11.6 Å². The molecule has 0 amide bonds. The van der Waals surface area contributed by atoms with Crippen LogP contribution >= 0.6 is 46.4 Å². The average molecular weight is 887 g/mol. The second-order valence-electron chi connectivity index (χ2n) is 13.5. The molecule has 60 heavy (non-hydrogen) atoms. The third kappa shape index (κ3) is 10.1. The van der Waals surface area contributed by atoms with E-state index in [1.54, 1.807) is 77.0 Å². The molecule has 9 nitrogen and oxygen atoms in total. The van der Waals surface area contributed by atoms with E-state index in [1.165, 1.54) is 24.3 Å². The van der Waals surface area contributed by atoms with Crippen LogP contribution < -0.4 is 18.9 Å². The minimum Gasteiger partial charge on any atom is -0.870 e. The third-order valence-corrected chi connectivity index (χ3v) is 10.8. The topological polar surface area (TPSA) is 129 Å². The van der Waals surface area contributed by atoms with Crippen molar-refractivity contribution in [3.8, 4) is 11.4 Å². The number of hydrogen-bond acceptors (Lipinski definition) is 6. The zero-order valence-corrected chi connectivity index (χ0v) is 35.4. The molecule has 0 saturated heterocycles. The quantitative estimate of drug-likeness (QED) is 0.125. The number of aromatic nitrogens is 4. The molecular formula is C44H35Cl4F2LiN4O5. The number of hydrogen-bond donors (Lipinski definition) is 1. The number of halogens is 6. The Balaban J connectivity index is 0.000000221. The van der Waals surface area contributed by atoms with E-state index in [-0.39, 0.29) is 48.3 Å². The van der Waals surface area contributed by atoms with E-state index in [9.17, 15) is 23.5 Å². The molecule has 304 valence electrons. The van der Waals surface area contributed by atoms with Crippen molar-refractivity contribution in [2.75, 3.05) is 6.61 Å². The standard InChI is InChI=1S/C23H19Cl2FN2O2.C21H15Cl2FN2O2.Li.H2O/c1-2-30-23(29)21-18-5-3-4-15(12-14-6-9-17(26)10-7-14)22(18)28(27-21)20-11-8-16(24)13-19(20)25;22-14-6-9-18(17(23)11-14)26-20-13(10-12-4-7-15(24)8-5-12)2-1-3-16(20)19(25-26)21(27)28;;/h6-13H,2-5H2,1H3;4-11H,1-3H2,(H,27,28);;1H2/q;;+1;/p-1/b15-12+;13-10+;;. The molecule has 0 aliphatic heterocycles. The first-order valence-electron chi connectivity index (χ1n) is 18.4. The smallest absolute Gasteiger partial charge is 0.870 e. The van der Waals surface area contributed by atoms with Crippen molar-refractivity contribution in [3.63, 3.8) is 0 Å². The summed E-state index contributed by atoms with van der Waals surface area (Å²) in [7, 11) is 0. The summed E-state index contributed by atoms with van der Waals surface area (Å²) < 4.78 is 35.0. The van der Waals surface area contributed by atoms with E-state index in [4.69, 9.17) is 51.1 Å². The number of esters is 1. The van der Waals surface area contributed by atoms with Gasteiger partial charge in [0.05, 0.1) is 39.4 Å². The average Bonchev–Trinajstić information content (AvgIpc) is 3.78. The molecule has 0 atom stereocenters. The molecule has 0 unspecified atom stereocenters. The largest absolute Gasteiger partial charge is 1.00 e. The van der Waals surface area contributed by atoms with Gasteiger partial charge in [0.15, 0.2) is 11.4 Å². The summed E-state index contributed by atoms with van der Waals surface area (Å²) in [5.74, 6) is -2.13. The molecule has 0 fully saturated rings. The second-order valence-corrected chi connectivity index (χ2v) is 15.2. The molecule has 0 spiro atoms. The van der Waals surface area contributed by atoms with Crippen LogP contribution in [0.5, 0.6) is 0 Å². The van der Waals surface area contributed by atoms with Crippen LogP contribution in [-0.4, -0.2) is 48.7 Å². The summed E-state index contributed by atoms with van der Waals surface area (Å²) in [6, 6.07) is 22.6. The number of nitrogens with zero attached hydrogens (tertiary/aromatic N) is 4. The first-order chi connectivity index (χ1) is 27.9. The molecule has 4 aromatic carbocycles. The third-order valence-electron chi connectivity index (χ3n) is 9.69. The maximum atomic E-state index is 13.3. The van der Waals surface area contributed by atoms with Crippen molar-refractivity contribution >= 4 is 81.6 Å². The Morgan fingerprint density at radius 3 is 1.50 bits per heavy atom. The molecule has 2 heterocycles. The van der Waals surface area contributed by atoms with Gasteiger partial charge in [-0.2, -0.15) is 10.2 Å². The number of carboxylic acids is 1. The Labute approximate surface area is 376 Å². The number of aromatic carboxylic acids is 1. The van der Waals surface area contributed by atoms with Crippen LogP contribution in [-0.2, 0) is 17.6 Å². The minimum absolute atomic E-state index is 0. The molecule has 2 aliphatic rings. The monoisotopic (exact) mass is 884 g/mol. The van der Waals surface area contributed by atoms with Crippen molar-refractivity contribution in [1.82, 2.24) is 19.6 Å². The van der Waals surface area contributed by atoms with Gasteiger partial charge in [-0.15, -0.1) is 0 Å². The number of fused-ring (bicyclic) bond motifs is 2. The number of ether oxygens (including phenoxy) is 1. The van der Waals surface area contributed by atoms with Crippen LogP contribution in [0.2, 0.25) is 20.1 Å². The number of benzene rings is 4. The predicted molar refractivity (Wildman–Crippen MR) is 226 cm³/mol. The van der Waals surface area contributed by atoms with Gasteiger partial charge in [-0.05, 0) is 141 Å². The van der Waals surface area contributed by atoms with Gasteiger partial charge < -0.3 is 15.3 Å². The number of rotatable bonds is 7. The summed E-state index contributed by atoms with van der Waals surface area (Å²) in [4.78, 5) is 24.4. The number of allylic oxidation sites excluding steroid dienone is 2. The Morgan fingerprint density at radius 1 is 0.683 bits per heavy atom. The Kier molecular flexibility index (Phi) is 15.6. The maximum absolute atomic E-state index is 13.3. The molecular weight excluding hydrogens is 851 g/mol. The first-order valence-corrected chi connectivity index (χ1v) is 19.9. The van der Waals surface area contributed by atoms with Gasteiger partial charge in [-0.3, -0.25) is 0 Å². The first kappa shape index (κ1) is 46.4. The molecule has 6 aromatic rings. The Bertz CT molecular complexity index is 2610. The predicted octanol–water partition coefficient (Wildman–Crippen LogP) is 9.09. The fourth-order valence-electron chi connectivity index (χ4n) is 7.17. The minimum atomic E-state index is -1.08. The summed E-state index contributed by atoms with van der Waals surface area (Å²) in [6.45, 7) is 2.03. The molecule has 16 heteroatoms. The van der Waals surface area contributed by atoms with Gasteiger partial charge in [-0.1, -0.05) is 70.7 Å². The second kappa shape index (κ2) is 20.2. The molecule has 0 saturated carbocycles. The van der Waals surface area contributed by atoms with Gasteiger partial charge in [0.2, 0.25) is 0 Å². The van der Waals surface area contributed by atoms with Crippen molar-refractivity contribution in [3.05, 3.63) is 162 Å². The molecule has 0 bridgehead atoms. The van der Waals surface area contributed by atoms with Gasteiger partial charge >= 0.3 is 30.8 Å². The Morgan fingerprint density at radius 2 is 1.10 bits per heavy atom. The zero-order valence-electron chi connectivity index (χ0n) is 32.4. The van der Waals surface area contributed by atoms with E-state index in [1.807, 2.05) is 12.2 Å². The molecule has 2 aliphatic carbocycles. The van der Waals surface area contributed by atoms with E-state index in [0.29, 0.717) is 55.6 Å². The molecule has 2 N–H and O–H groups in total. The summed E-state index contributed by atoms with van der Waals surface area (Å²) in [6.07, 6.45) is 8.47. The van der Waals surface area contributed by atoms with Gasteiger partial charge in [0.1, 0.15) is 11.6 Å². The van der Waals surface area contributed by atoms with Crippen molar-refractivity contribution in [2.45, 2.75) is 45.4 Å². The van der Waals surface area contributed by atoms with Crippen LogP contribution in [0.1, 0.15) is 87.2 Å². The number of carbonyl (C=O) groups is 2. The van der Waals surface area contributed by atoms with E-state index in [2.05, 4.69) is 10.2 Å². The van der Waals surface area contributed by atoms with E-state index in [0.717, 1.165) is 64.9 Å². The molecule has 8 rings (SSSR count). The SMILES string of the molecule is CCOC(=O)c1nn(-c2ccc(Cl)cc2Cl)c2c1CCC/C2=C\c1ccc(F)cc1.O=C(O)c1nn(-c2ccc(Cl)cc2Cl)c2c1CCC/C2=C\c1ccc(F)cc1.[Li+].[OH-]. The van der Waals surface area contributed by atoms with Crippen LogP contribution in [0.3, 0.4) is 0 Å². The van der Waals surface area contributed by atoms with Crippen LogP contribution in [0.15, 0.2) is 84.9 Å². The molecule has 0 radical (unpaired) electrons. The Hall–Kier alpha value is -4.70. The fraction of sp³-hybridized carbons (Fsp3) is 0.182. The summed E-state index contributed by atoms with van der Waals surface area (Å²) >= 11 is 24.9. The van der Waals surface area contributed by atoms with Gasteiger partial charge in [-0.25, -0.2) is 27.7 Å². The fourth-order valence-corrected chi connectivity index (χ4v) is 8.15. The van der Waals surface area contributed by atoms with Crippen molar-refractivity contribution < 1.29 is 52.6 Å². The summed E-state index contributed by atoms with van der Waals surface area (Å²) in [5.41, 5.74) is 8.17. The van der Waals surface area contributed by atoms with E-state index < -0.39 is 11.9 Å². The van der Waals surface area contributed by atoms with Gasteiger partial charge in [0, 0.05) is 21.2 Å². The molecule has 2 aromatic heterocycles. The van der Waals surface area contributed by atoms with Crippen LogP contribution in [0.4, 0.5) is 8.78 Å². The van der Waals surface area contributed by atoms with Gasteiger partial charge in [0.25, 0.3) is 0 Å². The summed E-state index contributed by atoms with van der Waals surface area (Å²) in [5, 5.41) is 20.4. The van der Waals surface area contributed by atoms with Crippen molar-refractivity contribution in [2.24, 2.45) is 0 Å². The maximum Gasteiger partial charge on any atom is 1.00 e. The zero-order chi connectivity index (χ0) is 41.1.